The first kappa shape index (κ1) is 17.1. The summed E-state index contributed by atoms with van der Waals surface area (Å²) in [6.07, 6.45) is -1.35. The van der Waals surface area contributed by atoms with Crippen molar-refractivity contribution in [3.63, 3.8) is 0 Å². The van der Waals surface area contributed by atoms with E-state index < -0.39 is 18.5 Å². The third kappa shape index (κ3) is 5.63. The average molecular weight is 264 g/mol. The van der Waals surface area contributed by atoms with Crippen LogP contribution in [0.3, 0.4) is 0 Å². The van der Waals surface area contributed by atoms with Crippen LogP contribution in [0.2, 0.25) is 0 Å². The van der Waals surface area contributed by atoms with Crippen LogP contribution in [0.4, 0.5) is 4.79 Å². The Morgan fingerprint density at radius 2 is 1.78 bits per heavy atom. The fourth-order valence-electron chi connectivity index (χ4n) is 1.42. The second kappa shape index (κ2) is 9.09. The number of carbonyl (C=O) groups is 1. The summed E-state index contributed by atoms with van der Waals surface area (Å²) in [6, 6.07) is -0.544. The molecule has 0 aromatic carbocycles. The fourth-order valence-corrected chi connectivity index (χ4v) is 1.42. The normalized spacial score (nSPS) is 14.1. The molecule has 18 heavy (non-hydrogen) atoms. The van der Waals surface area contributed by atoms with Gasteiger partial charge in [0.25, 0.3) is 0 Å². The van der Waals surface area contributed by atoms with Crippen molar-refractivity contribution in [2.75, 3.05) is 27.2 Å². The summed E-state index contributed by atoms with van der Waals surface area (Å²) in [5.41, 5.74) is 0. The second-order valence-electron chi connectivity index (χ2n) is 3.95. The lowest BCUT2D eigenvalue weighted by atomic mass is 10.4. The van der Waals surface area contributed by atoms with Gasteiger partial charge >= 0.3 is 6.03 Å². The topological polar surface area (TPSA) is 82.5 Å². The molecule has 7 heteroatoms. The van der Waals surface area contributed by atoms with Crippen molar-refractivity contribution < 1.29 is 24.5 Å². The van der Waals surface area contributed by atoms with Gasteiger partial charge in [0.05, 0.1) is 0 Å². The van der Waals surface area contributed by atoms with Gasteiger partial charge < -0.3 is 19.7 Å². The maximum atomic E-state index is 12.1. The number of amides is 2. The average Bonchev–Trinajstić information content (AvgIpc) is 2.27. The van der Waals surface area contributed by atoms with E-state index in [-0.39, 0.29) is 13.5 Å². The molecule has 0 aromatic rings. The van der Waals surface area contributed by atoms with Crippen molar-refractivity contribution in [2.45, 2.75) is 39.6 Å². The Balaban J connectivity index is 4.60. The molecule has 108 valence electrons. The molecule has 0 aliphatic heterocycles. The van der Waals surface area contributed by atoms with Crippen molar-refractivity contribution in [3.8, 4) is 0 Å². The molecule has 0 saturated carbocycles. The van der Waals surface area contributed by atoms with E-state index >= 15 is 0 Å². The molecule has 0 radical (unpaired) electrons. The maximum absolute atomic E-state index is 12.1. The third-order valence-corrected chi connectivity index (χ3v) is 2.18. The highest BCUT2D eigenvalue weighted by Gasteiger charge is 2.27. The number of hydrogen-bond acceptors (Lipinski definition) is 5. The van der Waals surface area contributed by atoms with Gasteiger partial charge in [0.1, 0.15) is 25.9 Å². The van der Waals surface area contributed by atoms with E-state index in [1.165, 1.54) is 25.9 Å². The smallest absolute Gasteiger partial charge is 0.327 e. The standard InChI is InChI=1S/C11H24N2O5/c1-5-6-18-8-12(7-17-4)11(16)13(9(2)14)10(3)15/h9-10,14-15H,5-8H2,1-4H3. The SMILES string of the molecule is CCCOCN(COC)C(=O)N(C(C)O)C(C)O. The minimum Gasteiger partial charge on any atom is -0.374 e. The molecule has 0 aliphatic rings. The largest absolute Gasteiger partial charge is 0.374 e. The maximum Gasteiger partial charge on any atom is 0.327 e. The molecule has 0 fully saturated rings. The molecule has 0 heterocycles. The van der Waals surface area contributed by atoms with Crippen LogP contribution in [-0.2, 0) is 9.47 Å². The Kier molecular flexibility index (Phi) is 8.65. The third-order valence-electron chi connectivity index (χ3n) is 2.18. The Bertz CT molecular complexity index is 227. The van der Waals surface area contributed by atoms with Gasteiger partial charge in [0.2, 0.25) is 0 Å². The number of methoxy groups -OCH3 is 1. The molecule has 2 amide bonds. The number of rotatable bonds is 8. The summed E-state index contributed by atoms with van der Waals surface area (Å²) in [5.74, 6) is 0. The van der Waals surface area contributed by atoms with E-state index in [4.69, 9.17) is 9.47 Å². The zero-order chi connectivity index (χ0) is 14.1. The number of carbonyl (C=O) groups excluding carboxylic acids is 1. The highest BCUT2D eigenvalue weighted by atomic mass is 16.5. The lowest BCUT2D eigenvalue weighted by Crippen LogP contribution is -2.52. The van der Waals surface area contributed by atoms with Crippen molar-refractivity contribution in [1.82, 2.24) is 9.80 Å². The highest BCUT2D eigenvalue weighted by molar-refractivity contribution is 5.74. The van der Waals surface area contributed by atoms with E-state index in [9.17, 15) is 15.0 Å². The minimum absolute atomic E-state index is 0.0263. The Hall–Kier alpha value is -0.890. The van der Waals surface area contributed by atoms with Gasteiger partial charge in [-0.15, -0.1) is 0 Å². The molecular formula is C11H24N2O5. The van der Waals surface area contributed by atoms with Crippen LogP contribution in [0.1, 0.15) is 27.2 Å². The van der Waals surface area contributed by atoms with Crippen molar-refractivity contribution in [3.05, 3.63) is 0 Å². The van der Waals surface area contributed by atoms with Gasteiger partial charge in [-0.2, -0.15) is 0 Å². The molecule has 2 unspecified atom stereocenters. The van der Waals surface area contributed by atoms with Gasteiger partial charge in [-0.1, -0.05) is 6.92 Å². The van der Waals surface area contributed by atoms with Crippen LogP contribution in [0.25, 0.3) is 0 Å². The molecule has 2 atom stereocenters. The summed E-state index contributed by atoms with van der Waals surface area (Å²) in [4.78, 5) is 14.3. The first-order valence-electron chi connectivity index (χ1n) is 5.95. The summed E-state index contributed by atoms with van der Waals surface area (Å²) in [6.45, 7) is 5.37. The molecule has 0 bridgehead atoms. The predicted molar refractivity (Wildman–Crippen MR) is 65.4 cm³/mol. The Morgan fingerprint density at radius 3 is 2.17 bits per heavy atom. The fraction of sp³-hybridized carbons (Fsp3) is 0.909. The van der Waals surface area contributed by atoms with E-state index in [0.29, 0.717) is 6.61 Å². The van der Waals surface area contributed by atoms with Crippen molar-refractivity contribution in [2.24, 2.45) is 0 Å². The van der Waals surface area contributed by atoms with Crippen LogP contribution in [-0.4, -0.2) is 65.7 Å². The number of aliphatic hydroxyl groups is 2. The summed E-state index contributed by atoms with van der Waals surface area (Å²) < 4.78 is 10.2. The first-order valence-corrected chi connectivity index (χ1v) is 5.95. The zero-order valence-corrected chi connectivity index (χ0v) is 11.5. The molecular weight excluding hydrogens is 240 g/mol. The second-order valence-corrected chi connectivity index (χ2v) is 3.95. The number of hydrogen-bond donors (Lipinski definition) is 2. The lowest BCUT2D eigenvalue weighted by molar-refractivity contribution is -0.0803. The molecule has 7 nitrogen and oxygen atoms in total. The summed E-state index contributed by atoms with van der Waals surface area (Å²) in [7, 11) is 1.45. The molecule has 0 aromatic heterocycles. The van der Waals surface area contributed by atoms with Gasteiger partial charge in [-0.25, -0.2) is 4.79 Å². The van der Waals surface area contributed by atoms with E-state index in [2.05, 4.69) is 0 Å². The number of ether oxygens (including phenoxy) is 2. The Morgan fingerprint density at radius 1 is 1.22 bits per heavy atom. The molecule has 2 N–H and O–H groups in total. The van der Waals surface area contributed by atoms with E-state index in [1.807, 2.05) is 6.92 Å². The monoisotopic (exact) mass is 264 g/mol. The van der Waals surface area contributed by atoms with Gasteiger partial charge in [-0.3, -0.25) is 9.80 Å². The van der Waals surface area contributed by atoms with Crippen LogP contribution < -0.4 is 0 Å². The lowest BCUT2D eigenvalue weighted by Gasteiger charge is -2.33. The van der Waals surface area contributed by atoms with Gasteiger partial charge in [0, 0.05) is 13.7 Å². The minimum atomic E-state index is -1.09. The van der Waals surface area contributed by atoms with Crippen LogP contribution in [0.5, 0.6) is 0 Å². The molecule has 0 saturated heterocycles. The molecule has 0 aliphatic carbocycles. The van der Waals surface area contributed by atoms with Gasteiger partial charge in [-0.05, 0) is 20.3 Å². The molecule has 0 rings (SSSR count). The van der Waals surface area contributed by atoms with Crippen LogP contribution in [0.15, 0.2) is 0 Å². The molecule has 0 spiro atoms. The number of urea groups is 1. The van der Waals surface area contributed by atoms with E-state index in [0.717, 1.165) is 11.3 Å². The number of nitrogens with zero attached hydrogens (tertiary/aromatic N) is 2. The first-order chi connectivity index (χ1) is 8.45. The van der Waals surface area contributed by atoms with Crippen molar-refractivity contribution >= 4 is 6.03 Å². The summed E-state index contributed by atoms with van der Waals surface area (Å²) >= 11 is 0. The van der Waals surface area contributed by atoms with Crippen molar-refractivity contribution in [1.29, 1.82) is 0 Å². The number of aliphatic hydroxyl groups excluding tert-OH is 2. The van der Waals surface area contributed by atoms with Crippen LogP contribution >= 0.6 is 0 Å². The van der Waals surface area contributed by atoms with E-state index in [1.54, 1.807) is 0 Å². The summed E-state index contributed by atoms with van der Waals surface area (Å²) in [5, 5.41) is 19.0. The van der Waals surface area contributed by atoms with Crippen LogP contribution in [0, 0.1) is 0 Å². The zero-order valence-electron chi connectivity index (χ0n) is 11.5. The quantitative estimate of drug-likeness (QED) is 0.489. The predicted octanol–water partition coefficient (Wildman–Crippen LogP) is 0.375. The van der Waals surface area contributed by atoms with Gasteiger partial charge in [0.15, 0.2) is 0 Å². The highest BCUT2D eigenvalue weighted by Crippen LogP contribution is 2.07. The Labute approximate surface area is 108 Å².